The molecule has 0 aliphatic carbocycles. The van der Waals surface area contributed by atoms with Gasteiger partial charge in [-0.1, -0.05) is 26.8 Å². The highest BCUT2D eigenvalue weighted by atomic mass is 35.7. The Bertz CT molecular complexity index is 486. The van der Waals surface area contributed by atoms with E-state index in [2.05, 4.69) is 0 Å². The van der Waals surface area contributed by atoms with Crippen molar-refractivity contribution >= 4 is 19.7 Å². The molecule has 0 unspecified atom stereocenters. The number of rotatable bonds is 2. The van der Waals surface area contributed by atoms with Crippen LogP contribution in [0.5, 0.6) is 5.75 Å². The van der Waals surface area contributed by atoms with Gasteiger partial charge in [-0.15, -0.1) is 0 Å². The highest BCUT2D eigenvalue weighted by Crippen LogP contribution is 2.32. The lowest BCUT2D eigenvalue weighted by atomic mass is 9.87. The molecule has 90 valence electrons. The average Bonchev–Trinajstić information content (AvgIpc) is 2.14. The summed E-state index contributed by atoms with van der Waals surface area (Å²) < 4.78 is 27.6. The zero-order valence-corrected chi connectivity index (χ0v) is 11.3. The van der Waals surface area contributed by atoms with Crippen molar-refractivity contribution in [1.29, 1.82) is 0 Å². The molecule has 1 aromatic rings. The third-order valence-electron chi connectivity index (χ3n) is 2.29. The minimum Gasteiger partial charge on any atom is -0.495 e. The smallest absolute Gasteiger partial charge is 0.264 e. The van der Waals surface area contributed by atoms with Gasteiger partial charge in [-0.05, 0) is 23.1 Å². The lowest BCUT2D eigenvalue weighted by Crippen LogP contribution is -2.11. The number of hydrogen-bond acceptors (Lipinski definition) is 3. The van der Waals surface area contributed by atoms with Crippen LogP contribution in [0.2, 0.25) is 0 Å². The maximum absolute atomic E-state index is 11.3. The number of halogens is 1. The van der Waals surface area contributed by atoms with Gasteiger partial charge in [0, 0.05) is 10.7 Å². The lowest BCUT2D eigenvalue weighted by molar-refractivity contribution is 0.401. The number of benzene rings is 1. The Morgan fingerprint density at radius 3 is 2.19 bits per heavy atom. The summed E-state index contributed by atoms with van der Waals surface area (Å²) >= 11 is 0. The summed E-state index contributed by atoms with van der Waals surface area (Å²) in [6.07, 6.45) is 0. The van der Waals surface area contributed by atoms with Crippen LogP contribution >= 0.6 is 10.7 Å². The van der Waals surface area contributed by atoms with Crippen LogP contribution in [0.3, 0.4) is 0 Å². The fraction of sp³-hybridized carbons (Fsp3) is 0.455. The fourth-order valence-corrected chi connectivity index (χ4v) is 2.33. The Hall–Kier alpha value is -0.740. The van der Waals surface area contributed by atoms with Crippen LogP contribution in [-0.2, 0) is 14.5 Å². The molecule has 1 rings (SSSR count). The number of ether oxygens (including phenoxy) is 1. The summed E-state index contributed by atoms with van der Waals surface area (Å²) in [4.78, 5) is 0.00432. The maximum Gasteiger partial charge on any atom is 0.264 e. The van der Waals surface area contributed by atoms with E-state index in [1.807, 2.05) is 20.8 Å². The number of methoxy groups -OCH3 is 1. The summed E-state index contributed by atoms with van der Waals surface area (Å²) in [5.74, 6) is 0.280. The molecule has 16 heavy (non-hydrogen) atoms. The lowest BCUT2D eigenvalue weighted by Gasteiger charge is -2.20. The maximum atomic E-state index is 11.3. The summed E-state index contributed by atoms with van der Waals surface area (Å²) in [7, 11) is 2.96. The molecular formula is C11H15ClO3S. The molecule has 0 atom stereocenters. The van der Waals surface area contributed by atoms with Crippen LogP contribution in [0.4, 0.5) is 0 Å². The molecule has 0 bridgehead atoms. The van der Waals surface area contributed by atoms with E-state index in [9.17, 15) is 8.42 Å². The molecule has 0 amide bonds. The molecule has 0 fully saturated rings. The van der Waals surface area contributed by atoms with E-state index >= 15 is 0 Å². The van der Waals surface area contributed by atoms with Gasteiger partial charge < -0.3 is 4.74 Å². The predicted octanol–water partition coefficient (Wildman–Crippen LogP) is 2.92. The molecule has 0 saturated carbocycles. The van der Waals surface area contributed by atoms with E-state index < -0.39 is 9.05 Å². The molecule has 0 aliphatic rings. The van der Waals surface area contributed by atoms with Gasteiger partial charge in [0.15, 0.2) is 0 Å². The molecule has 3 nitrogen and oxygen atoms in total. The second kappa shape index (κ2) is 4.26. The van der Waals surface area contributed by atoms with E-state index in [1.165, 1.54) is 13.2 Å². The molecule has 0 N–H and O–H groups in total. The minimum atomic E-state index is -3.76. The molecule has 0 heterocycles. The first-order chi connectivity index (χ1) is 7.16. The van der Waals surface area contributed by atoms with Crippen molar-refractivity contribution in [3.8, 4) is 5.75 Å². The molecule has 0 spiro atoms. The van der Waals surface area contributed by atoms with Crippen LogP contribution in [0.25, 0.3) is 0 Å². The minimum absolute atomic E-state index is 0.00432. The van der Waals surface area contributed by atoms with E-state index in [-0.39, 0.29) is 16.1 Å². The van der Waals surface area contributed by atoms with Crippen molar-refractivity contribution < 1.29 is 13.2 Å². The molecular weight excluding hydrogens is 248 g/mol. The highest BCUT2D eigenvalue weighted by Gasteiger charge is 2.20. The van der Waals surface area contributed by atoms with Gasteiger partial charge in [0.2, 0.25) is 0 Å². The van der Waals surface area contributed by atoms with Gasteiger partial charge in [-0.3, -0.25) is 0 Å². The average molecular weight is 263 g/mol. The Kier molecular flexibility index (Phi) is 3.55. The summed E-state index contributed by atoms with van der Waals surface area (Å²) in [6.45, 7) is 6.12. The second-order valence-corrected chi connectivity index (χ2v) is 7.09. The van der Waals surface area contributed by atoms with Gasteiger partial charge in [0.05, 0.1) is 7.11 Å². The zero-order valence-electron chi connectivity index (χ0n) is 9.74. The van der Waals surface area contributed by atoms with E-state index in [1.54, 1.807) is 12.1 Å². The monoisotopic (exact) mass is 262 g/mol. The summed E-state index contributed by atoms with van der Waals surface area (Å²) in [6, 6.07) is 4.93. The van der Waals surface area contributed by atoms with Crippen LogP contribution in [-0.4, -0.2) is 15.5 Å². The van der Waals surface area contributed by atoms with Gasteiger partial charge in [-0.25, -0.2) is 8.42 Å². The summed E-state index contributed by atoms with van der Waals surface area (Å²) in [5, 5.41) is 0. The molecule has 0 aliphatic heterocycles. The molecule has 5 heteroatoms. The quantitative estimate of drug-likeness (QED) is 0.770. The van der Waals surface area contributed by atoms with Crippen molar-refractivity contribution in [1.82, 2.24) is 0 Å². The largest absolute Gasteiger partial charge is 0.495 e. The zero-order chi connectivity index (χ0) is 12.6. The van der Waals surface area contributed by atoms with Crippen LogP contribution in [0.1, 0.15) is 26.3 Å². The van der Waals surface area contributed by atoms with Crippen molar-refractivity contribution in [2.75, 3.05) is 7.11 Å². The first-order valence-corrected chi connectivity index (χ1v) is 7.10. The Balaban J connectivity index is 3.40. The van der Waals surface area contributed by atoms with E-state index in [0.29, 0.717) is 0 Å². The van der Waals surface area contributed by atoms with Crippen molar-refractivity contribution in [2.24, 2.45) is 0 Å². The van der Waals surface area contributed by atoms with Crippen LogP contribution < -0.4 is 4.74 Å². The Morgan fingerprint density at radius 1 is 1.25 bits per heavy atom. The second-order valence-electron chi connectivity index (χ2n) is 4.55. The van der Waals surface area contributed by atoms with Crippen molar-refractivity contribution in [2.45, 2.75) is 31.1 Å². The van der Waals surface area contributed by atoms with Crippen LogP contribution in [0, 0.1) is 0 Å². The van der Waals surface area contributed by atoms with Gasteiger partial charge in [0.1, 0.15) is 10.6 Å². The summed E-state index contributed by atoms with van der Waals surface area (Å²) in [5.41, 5.74) is 0.926. The normalized spacial score (nSPS) is 12.6. The Labute approximate surface area is 101 Å². The molecule has 0 aromatic heterocycles. The van der Waals surface area contributed by atoms with Crippen molar-refractivity contribution in [3.63, 3.8) is 0 Å². The van der Waals surface area contributed by atoms with Crippen molar-refractivity contribution in [3.05, 3.63) is 23.8 Å². The van der Waals surface area contributed by atoms with E-state index in [0.717, 1.165) is 5.56 Å². The molecule has 0 saturated heterocycles. The topological polar surface area (TPSA) is 43.4 Å². The standard InChI is InChI=1S/C11H15ClO3S/c1-11(2,3)8-5-6-10(16(12,13)14)9(7-8)15-4/h5-7H,1-4H3. The highest BCUT2D eigenvalue weighted by molar-refractivity contribution is 8.13. The SMILES string of the molecule is COc1cc(C(C)(C)C)ccc1S(=O)(=O)Cl. The first kappa shape index (κ1) is 13.3. The fourth-order valence-electron chi connectivity index (χ4n) is 1.34. The molecule has 1 aromatic carbocycles. The van der Waals surface area contributed by atoms with E-state index in [4.69, 9.17) is 15.4 Å². The third-order valence-corrected chi connectivity index (χ3v) is 3.65. The van der Waals surface area contributed by atoms with Gasteiger partial charge in [0.25, 0.3) is 9.05 Å². The van der Waals surface area contributed by atoms with Gasteiger partial charge >= 0.3 is 0 Å². The predicted molar refractivity (Wildman–Crippen MR) is 64.7 cm³/mol. The van der Waals surface area contributed by atoms with Crippen LogP contribution in [0.15, 0.2) is 23.1 Å². The third kappa shape index (κ3) is 2.89. The molecule has 0 radical (unpaired) electrons. The first-order valence-electron chi connectivity index (χ1n) is 4.79. The Morgan fingerprint density at radius 2 is 1.81 bits per heavy atom. The number of hydrogen-bond donors (Lipinski definition) is 0. The van der Waals surface area contributed by atoms with Gasteiger partial charge in [-0.2, -0.15) is 0 Å².